The number of aromatic nitrogens is 1. The Kier molecular flexibility index (Phi) is 4.56. The molecule has 0 radical (unpaired) electrons. The first-order chi connectivity index (χ1) is 8.61. The van der Waals surface area contributed by atoms with Gasteiger partial charge < -0.3 is 9.88 Å². The van der Waals surface area contributed by atoms with Crippen molar-refractivity contribution in [2.24, 2.45) is 0 Å². The average Bonchev–Trinajstić information content (AvgIpc) is 2.67. The van der Waals surface area contributed by atoms with Crippen molar-refractivity contribution in [1.82, 2.24) is 9.88 Å². The minimum absolute atomic E-state index is 0.259. The second kappa shape index (κ2) is 5.97. The fraction of sp³-hybridized carbons (Fsp3) is 0.692. The lowest BCUT2D eigenvalue weighted by molar-refractivity contribution is -0.134. The third-order valence-electron chi connectivity index (χ3n) is 3.65. The van der Waals surface area contributed by atoms with Crippen LogP contribution in [0.15, 0.2) is 0 Å². The lowest BCUT2D eigenvalue weighted by Gasteiger charge is -2.35. The number of carbonyl (C=O) groups excluding carboxylic acids is 1. The molecule has 1 fully saturated rings. The Balaban J connectivity index is 2.06. The highest BCUT2D eigenvalue weighted by atomic mass is 32.1. The topological polar surface area (TPSA) is 36.1 Å². The standard InChI is InChI=1S/C13H20N2OS2/c1-3-10-6-4-5-7-15(10)12(16)8-11-9(2)14-13(17)18-11/h10H,3-8H2,1-2H3,(H,14,17). The van der Waals surface area contributed by atoms with Crippen molar-refractivity contribution >= 4 is 29.5 Å². The van der Waals surface area contributed by atoms with Crippen LogP contribution in [0.3, 0.4) is 0 Å². The van der Waals surface area contributed by atoms with E-state index in [9.17, 15) is 4.79 Å². The van der Waals surface area contributed by atoms with Crippen LogP contribution in [-0.2, 0) is 11.2 Å². The molecule has 2 rings (SSSR count). The first kappa shape index (κ1) is 13.7. The van der Waals surface area contributed by atoms with E-state index in [4.69, 9.17) is 12.2 Å². The molecule has 0 aliphatic carbocycles. The molecule has 5 heteroatoms. The number of amides is 1. The van der Waals surface area contributed by atoms with Crippen LogP contribution in [0.4, 0.5) is 0 Å². The number of thiazole rings is 1. The van der Waals surface area contributed by atoms with Gasteiger partial charge in [0.15, 0.2) is 3.95 Å². The van der Waals surface area contributed by atoms with E-state index in [0.717, 1.165) is 40.3 Å². The van der Waals surface area contributed by atoms with Gasteiger partial charge in [-0.2, -0.15) is 0 Å². The second-order valence-corrected chi connectivity index (χ2v) is 6.66. The summed E-state index contributed by atoms with van der Waals surface area (Å²) in [6.45, 7) is 5.08. The third-order valence-corrected chi connectivity index (χ3v) is 4.99. The molecule has 0 aromatic carbocycles. The van der Waals surface area contributed by atoms with Crippen LogP contribution in [0.2, 0.25) is 0 Å². The summed E-state index contributed by atoms with van der Waals surface area (Å²) in [4.78, 5) is 18.7. The van der Waals surface area contributed by atoms with Crippen LogP contribution in [0, 0.1) is 10.9 Å². The minimum Gasteiger partial charge on any atom is -0.341 e. The summed E-state index contributed by atoms with van der Waals surface area (Å²) in [7, 11) is 0. The van der Waals surface area contributed by atoms with Crippen molar-refractivity contribution in [3.63, 3.8) is 0 Å². The van der Waals surface area contributed by atoms with E-state index in [1.165, 1.54) is 17.8 Å². The molecule has 1 amide bonds. The first-order valence-corrected chi connectivity index (χ1v) is 7.82. The number of hydrogen-bond donors (Lipinski definition) is 1. The zero-order valence-electron chi connectivity index (χ0n) is 11.0. The molecule has 2 heterocycles. The van der Waals surface area contributed by atoms with Gasteiger partial charge in [-0.1, -0.05) is 6.92 Å². The van der Waals surface area contributed by atoms with Crippen molar-refractivity contribution in [3.05, 3.63) is 14.5 Å². The maximum Gasteiger partial charge on any atom is 0.228 e. The molecule has 3 nitrogen and oxygen atoms in total. The van der Waals surface area contributed by atoms with Gasteiger partial charge in [0.2, 0.25) is 5.91 Å². The van der Waals surface area contributed by atoms with E-state index in [1.54, 1.807) is 0 Å². The number of likely N-dealkylation sites (tertiary alicyclic amines) is 1. The van der Waals surface area contributed by atoms with Crippen molar-refractivity contribution < 1.29 is 4.79 Å². The Morgan fingerprint density at radius 1 is 1.56 bits per heavy atom. The number of aromatic amines is 1. The quantitative estimate of drug-likeness (QED) is 0.863. The number of carbonyl (C=O) groups is 1. The summed E-state index contributed by atoms with van der Waals surface area (Å²) in [5.41, 5.74) is 1.04. The average molecular weight is 284 g/mol. The summed E-state index contributed by atoms with van der Waals surface area (Å²) in [5, 5.41) is 0. The maximum atomic E-state index is 12.4. The Bertz CT molecular complexity index is 478. The summed E-state index contributed by atoms with van der Waals surface area (Å²) >= 11 is 6.64. The predicted octanol–water partition coefficient (Wildman–Crippen LogP) is 3.45. The number of hydrogen-bond acceptors (Lipinski definition) is 3. The van der Waals surface area contributed by atoms with Gasteiger partial charge in [-0.3, -0.25) is 4.79 Å². The van der Waals surface area contributed by atoms with Crippen LogP contribution in [-0.4, -0.2) is 28.4 Å². The van der Waals surface area contributed by atoms with E-state index in [1.807, 2.05) is 6.92 Å². The van der Waals surface area contributed by atoms with Gasteiger partial charge in [-0.15, -0.1) is 11.3 Å². The number of piperidine rings is 1. The molecule has 1 aliphatic rings. The largest absolute Gasteiger partial charge is 0.341 e. The first-order valence-electron chi connectivity index (χ1n) is 6.60. The molecular formula is C13H20N2OS2. The van der Waals surface area contributed by atoms with E-state index in [0.29, 0.717) is 12.5 Å². The smallest absolute Gasteiger partial charge is 0.228 e. The van der Waals surface area contributed by atoms with Crippen molar-refractivity contribution in [3.8, 4) is 0 Å². The lowest BCUT2D eigenvalue weighted by Crippen LogP contribution is -2.44. The minimum atomic E-state index is 0.259. The summed E-state index contributed by atoms with van der Waals surface area (Å²) in [6.07, 6.45) is 5.12. The van der Waals surface area contributed by atoms with Gasteiger partial charge in [0.1, 0.15) is 0 Å². The molecule has 1 aromatic heterocycles. The van der Waals surface area contributed by atoms with Crippen LogP contribution >= 0.6 is 23.6 Å². The molecule has 0 bridgehead atoms. The number of nitrogens with one attached hydrogen (secondary N) is 1. The highest BCUT2D eigenvalue weighted by molar-refractivity contribution is 7.73. The van der Waals surface area contributed by atoms with E-state index in [2.05, 4.69) is 16.8 Å². The number of H-pyrrole nitrogens is 1. The van der Waals surface area contributed by atoms with Gasteiger partial charge >= 0.3 is 0 Å². The maximum absolute atomic E-state index is 12.4. The molecule has 1 N–H and O–H groups in total. The van der Waals surface area contributed by atoms with Crippen molar-refractivity contribution in [1.29, 1.82) is 0 Å². The molecule has 100 valence electrons. The molecule has 1 aliphatic heterocycles. The summed E-state index contributed by atoms with van der Waals surface area (Å²) in [6, 6.07) is 0.443. The van der Waals surface area contributed by atoms with E-state index >= 15 is 0 Å². The zero-order chi connectivity index (χ0) is 13.1. The monoisotopic (exact) mass is 284 g/mol. The Labute approximate surface area is 117 Å². The Hall–Kier alpha value is -0.680. The Morgan fingerprint density at radius 3 is 2.94 bits per heavy atom. The molecule has 1 aromatic rings. The second-order valence-electron chi connectivity index (χ2n) is 4.88. The highest BCUT2D eigenvalue weighted by Gasteiger charge is 2.25. The van der Waals surface area contributed by atoms with Crippen molar-refractivity contribution in [2.45, 2.75) is 52.0 Å². The molecule has 1 atom stereocenters. The normalized spacial score (nSPS) is 20.1. The molecular weight excluding hydrogens is 264 g/mol. The van der Waals surface area contributed by atoms with Gasteiger partial charge in [0, 0.05) is 23.2 Å². The van der Waals surface area contributed by atoms with Crippen LogP contribution in [0.1, 0.15) is 43.2 Å². The zero-order valence-corrected chi connectivity index (χ0v) is 12.6. The van der Waals surface area contributed by atoms with Crippen LogP contribution < -0.4 is 0 Å². The van der Waals surface area contributed by atoms with E-state index < -0.39 is 0 Å². The fourth-order valence-corrected chi connectivity index (χ4v) is 3.88. The van der Waals surface area contributed by atoms with Gasteiger partial charge in [0.25, 0.3) is 0 Å². The Morgan fingerprint density at radius 2 is 2.33 bits per heavy atom. The molecule has 1 saturated heterocycles. The number of rotatable bonds is 3. The van der Waals surface area contributed by atoms with Crippen molar-refractivity contribution in [2.75, 3.05) is 6.54 Å². The van der Waals surface area contributed by atoms with Gasteiger partial charge in [0.05, 0.1) is 6.42 Å². The van der Waals surface area contributed by atoms with Gasteiger partial charge in [-0.05, 0) is 44.8 Å². The number of aryl methyl sites for hydroxylation is 1. The molecule has 1 unspecified atom stereocenters. The van der Waals surface area contributed by atoms with Crippen LogP contribution in [0.5, 0.6) is 0 Å². The van der Waals surface area contributed by atoms with E-state index in [-0.39, 0.29) is 5.91 Å². The number of nitrogens with zero attached hydrogens (tertiary/aromatic N) is 1. The highest BCUT2D eigenvalue weighted by Crippen LogP contribution is 2.22. The molecule has 0 saturated carbocycles. The SMILES string of the molecule is CCC1CCCCN1C(=O)Cc1sc(=S)[nH]c1C. The molecule has 0 spiro atoms. The fourth-order valence-electron chi connectivity index (χ4n) is 2.60. The summed E-state index contributed by atoms with van der Waals surface area (Å²) < 4.78 is 0.765. The molecule has 18 heavy (non-hydrogen) atoms. The van der Waals surface area contributed by atoms with Crippen LogP contribution in [0.25, 0.3) is 0 Å². The lowest BCUT2D eigenvalue weighted by atomic mass is 9.99. The summed E-state index contributed by atoms with van der Waals surface area (Å²) in [5.74, 6) is 0.259. The third kappa shape index (κ3) is 3.01. The predicted molar refractivity (Wildman–Crippen MR) is 77.6 cm³/mol. The van der Waals surface area contributed by atoms with Gasteiger partial charge in [-0.25, -0.2) is 0 Å².